The first-order valence-electron chi connectivity index (χ1n) is 21.3. The van der Waals surface area contributed by atoms with Crippen LogP contribution in [0.4, 0.5) is 0 Å². The van der Waals surface area contributed by atoms with Crippen LogP contribution in [0.25, 0.3) is 0 Å². The summed E-state index contributed by atoms with van der Waals surface area (Å²) >= 11 is 0. The highest BCUT2D eigenvalue weighted by Gasteiger charge is 2.25. The fourth-order valence-corrected chi connectivity index (χ4v) is 5.49. The van der Waals surface area contributed by atoms with Gasteiger partial charge in [-0.3, -0.25) is 9.59 Å². The van der Waals surface area contributed by atoms with Gasteiger partial charge in [-0.15, -0.1) is 0 Å². The lowest BCUT2D eigenvalue weighted by molar-refractivity contribution is -0.889. The fourth-order valence-electron chi connectivity index (χ4n) is 5.49. The number of hydrogen-bond acceptors (Lipinski definition) is 7. The van der Waals surface area contributed by atoms with Crippen LogP contribution in [-0.2, 0) is 28.6 Å². The summed E-state index contributed by atoms with van der Waals surface area (Å²) in [6, 6.07) is -0.744. The molecule has 0 fully saturated rings. The highest BCUT2D eigenvalue weighted by atomic mass is 16.6. The molecule has 0 N–H and O–H groups in total. The number of rotatable bonds is 36. The number of esters is 2. The molecule has 0 aliphatic carbocycles. The smallest absolute Gasteiger partial charge is 0.306 e. The topological polar surface area (TPSA) is 102 Å². The zero-order valence-electron chi connectivity index (χ0n) is 35.8. The summed E-state index contributed by atoms with van der Waals surface area (Å²) < 4.78 is 17.0. The van der Waals surface area contributed by atoms with E-state index in [1.54, 1.807) is 21.1 Å². The largest absolute Gasteiger partial charge is 0.544 e. The van der Waals surface area contributed by atoms with E-state index in [-0.39, 0.29) is 55.5 Å². The van der Waals surface area contributed by atoms with Gasteiger partial charge in [0.2, 0.25) is 0 Å². The molecule has 0 aromatic heterocycles. The van der Waals surface area contributed by atoms with Gasteiger partial charge in [0.1, 0.15) is 12.6 Å². The third-order valence-electron chi connectivity index (χ3n) is 8.73. The molecule has 0 spiro atoms. The Morgan fingerprint density at radius 3 is 1.46 bits per heavy atom. The normalized spacial score (nSPS) is 13.9. The lowest BCUT2D eigenvalue weighted by Crippen LogP contribution is -2.55. The van der Waals surface area contributed by atoms with Crippen molar-refractivity contribution in [3.05, 3.63) is 97.2 Å². The van der Waals surface area contributed by atoms with Gasteiger partial charge in [0, 0.05) is 19.3 Å². The van der Waals surface area contributed by atoms with Crippen molar-refractivity contribution in [1.29, 1.82) is 0 Å². The number of carbonyl (C=O) groups excluding carboxylic acids is 3. The van der Waals surface area contributed by atoms with Crippen molar-refractivity contribution in [3.8, 4) is 0 Å². The molecule has 8 heteroatoms. The summed E-state index contributed by atoms with van der Waals surface area (Å²) in [6.45, 7) is 4.31. The molecule has 316 valence electrons. The summed E-state index contributed by atoms with van der Waals surface area (Å²) in [5.41, 5.74) is 0. The molecule has 0 aliphatic heterocycles. The molecule has 2 unspecified atom stereocenters. The molecule has 0 saturated carbocycles. The molecule has 0 radical (unpaired) electrons. The molecule has 0 aromatic carbocycles. The van der Waals surface area contributed by atoms with E-state index in [4.69, 9.17) is 14.2 Å². The standard InChI is InChI=1S/C48H77NO7/c1-6-8-10-12-14-16-18-20-22-24-26-28-30-32-34-36-38-46(50)55-43-44(42-54-41-40-45(48(52)53)49(3,4)5)56-47(51)39-37-35-33-31-29-27-25-23-21-19-17-15-13-11-9-7-2/h8-11,14-17,20-23,26,28,32,34,44-45H,6-7,12-13,18-19,24-25,27,29-31,33,35-43H2,1-5H3/b10-8+,11-9+,16-14+,17-15+,22-20+,23-21+,28-26+,34-32+. The number of unbranched alkanes of at least 4 members (excludes halogenated alkanes) is 6. The van der Waals surface area contributed by atoms with Gasteiger partial charge in [-0.1, -0.05) is 137 Å². The molecule has 8 nitrogen and oxygen atoms in total. The van der Waals surface area contributed by atoms with E-state index in [1.165, 1.54) is 12.8 Å². The molecule has 56 heavy (non-hydrogen) atoms. The van der Waals surface area contributed by atoms with Gasteiger partial charge in [0.05, 0.1) is 40.3 Å². The van der Waals surface area contributed by atoms with Gasteiger partial charge in [0.15, 0.2) is 6.10 Å². The molecule has 0 aliphatic rings. The van der Waals surface area contributed by atoms with Gasteiger partial charge in [-0.05, 0) is 77.0 Å². The number of nitrogens with zero attached hydrogens (tertiary/aromatic N) is 1. The van der Waals surface area contributed by atoms with Crippen molar-refractivity contribution in [2.45, 2.75) is 148 Å². The van der Waals surface area contributed by atoms with Crippen molar-refractivity contribution >= 4 is 17.9 Å². The Balaban J connectivity index is 4.52. The molecule has 0 rings (SSSR count). The number of carboxylic acid groups (broad SMARTS) is 1. The van der Waals surface area contributed by atoms with Crippen LogP contribution in [-0.4, -0.2) is 75.5 Å². The summed E-state index contributed by atoms with van der Waals surface area (Å²) in [7, 11) is 5.36. The minimum atomic E-state index is -1.14. The Bertz CT molecular complexity index is 1230. The SMILES string of the molecule is CC/C=C/C/C=C/C/C=C/C/C=C/C/C=C/CCC(=O)OCC(COCCC(C(=O)[O-])[N+](C)(C)C)OC(=O)CCCCCCCC/C=C/C/C=C/C/C=C/CC. The molecular formula is C48H77NO7. The number of allylic oxidation sites excluding steroid dienone is 16. The van der Waals surface area contributed by atoms with Crippen molar-refractivity contribution in [2.24, 2.45) is 0 Å². The fraction of sp³-hybridized carbons (Fsp3) is 0.604. The monoisotopic (exact) mass is 780 g/mol. The maximum Gasteiger partial charge on any atom is 0.306 e. The summed E-state index contributed by atoms with van der Waals surface area (Å²) in [6.07, 6.45) is 50.2. The predicted molar refractivity (Wildman–Crippen MR) is 231 cm³/mol. The predicted octanol–water partition coefficient (Wildman–Crippen LogP) is 10.2. The zero-order valence-corrected chi connectivity index (χ0v) is 35.8. The highest BCUT2D eigenvalue weighted by molar-refractivity contribution is 5.70. The first-order chi connectivity index (χ1) is 27.1. The third-order valence-corrected chi connectivity index (χ3v) is 8.73. The first-order valence-corrected chi connectivity index (χ1v) is 21.3. The Morgan fingerprint density at radius 2 is 0.982 bits per heavy atom. The summed E-state index contributed by atoms with van der Waals surface area (Å²) in [5, 5.41) is 11.6. The van der Waals surface area contributed by atoms with Crippen molar-refractivity contribution in [1.82, 2.24) is 0 Å². The average Bonchev–Trinajstić information content (AvgIpc) is 3.15. The molecule has 0 amide bonds. The second-order valence-corrected chi connectivity index (χ2v) is 14.8. The van der Waals surface area contributed by atoms with E-state index in [1.807, 2.05) is 12.2 Å². The second-order valence-electron chi connectivity index (χ2n) is 14.8. The Hall–Kier alpha value is -3.75. The Kier molecular flexibility index (Phi) is 35.6. The van der Waals surface area contributed by atoms with Crippen molar-refractivity contribution < 1.29 is 38.2 Å². The number of aliphatic carboxylic acids is 1. The van der Waals surface area contributed by atoms with Gasteiger partial charge in [-0.2, -0.15) is 0 Å². The molecular weight excluding hydrogens is 703 g/mol. The maximum atomic E-state index is 12.7. The van der Waals surface area contributed by atoms with E-state index in [0.29, 0.717) is 6.42 Å². The van der Waals surface area contributed by atoms with Crippen LogP contribution < -0.4 is 5.11 Å². The van der Waals surface area contributed by atoms with Crippen LogP contribution in [0.2, 0.25) is 0 Å². The zero-order chi connectivity index (χ0) is 41.4. The first kappa shape index (κ1) is 52.2. The number of hydrogen-bond donors (Lipinski definition) is 0. The van der Waals surface area contributed by atoms with E-state index < -0.39 is 18.1 Å². The molecule has 0 aromatic rings. The van der Waals surface area contributed by atoms with Gasteiger partial charge >= 0.3 is 11.9 Å². The van der Waals surface area contributed by atoms with Crippen LogP contribution >= 0.6 is 0 Å². The number of ether oxygens (including phenoxy) is 3. The lowest BCUT2D eigenvalue weighted by atomic mass is 10.1. The van der Waals surface area contributed by atoms with Crippen molar-refractivity contribution in [3.63, 3.8) is 0 Å². The quantitative estimate of drug-likeness (QED) is 0.0270. The third kappa shape index (κ3) is 35.9. The Labute approximate surface area is 341 Å². The van der Waals surface area contributed by atoms with Gasteiger partial charge < -0.3 is 28.6 Å². The number of quaternary nitrogens is 1. The summed E-state index contributed by atoms with van der Waals surface area (Å²) in [4.78, 5) is 36.8. The maximum absolute atomic E-state index is 12.7. The highest BCUT2D eigenvalue weighted by Crippen LogP contribution is 2.12. The van der Waals surface area contributed by atoms with E-state index >= 15 is 0 Å². The van der Waals surface area contributed by atoms with E-state index in [2.05, 4.69) is 98.9 Å². The van der Waals surface area contributed by atoms with Crippen LogP contribution in [0.15, 0.2) is 97.2 Å². The minimum Gasteiger partial charge on any atom is -0.544 e. The second kappa shape index (κ2) is 38.1. The molecule has 2 atom stereocenters. The molecule has 0 saturated heterocycles. The lowest BCUT2D eigenvalue weighted by Gasteiger charge is -2.34. The van der Waals surface area contributed by atoms with Gasteiger partial charge in [-0.25, -0.2) is 0 Å². The molecule has 0 bridgehead atoms. The number of carbonyl (C=O) groups is 3. The summed E-state index contributed by atoms with van der Waals surface area (Å²) in [5.74, 6) is -1.87. The van der Waals surface area contributed by atoms with Crippen LogP contribution in [0.3, 0.4) is 0 Å². The Morgan fingerprint density at radius 1 is 0.536 bits per heavy atom. The van der Waals surface area contributed by atoms with Gasteiger partial charge in [0.25, 0.3) is 0 Å². The average molecular weight is 780 g/mol. The van der Waals surface area contributed by atoms with Crippen LogP contribution in [0, 0.1) is 0 Å². The number of likely N-dealkylation sites (N-methyl/N-ethyl adjacent to an activating group) is 1. The van der Waals surface area contributed by atoms with E-state index in [9.17, 15) is 19.5 Å². The molecule has 0 heterocycles. The minimum absolute atomic E-state index is 0.00569. The van der Waals surface area contributed by atoms with Crippen LogP contribution in [0.5, 0.6) is 0 Å². The van der Waals surface area contributed by atoms with Crippen molar-refractivity contribution in [2.75, 3.05) is 41.0 Å². The van der Waals surface area contributed by atoms with Crippen LogP contribution in [0.1, 0.15) is 136 Å². The number of carboxylic acids is 1. The van der Waals surface area contributed by atoms with E-state index in [0.717, 1.165) is 83.5 Å².